The lowest BCUT2D eigenvalue weighted by atomic mass is 10.1. The van der Waals surface area contributed by atoms with Crippen LogP contribution in [0.2, 0.25) is 0 Å². The fourth-order valence-corrected chi connectivity index (χ4v) is 3.82. The van der Waals surface area contributed by atoms with Gasteiger partial charge in [-0.3, -0.25) is 14.6 Å². The summed E-state index contributed by atoms with van der Waals surface area (Å²) in [5.74, 6) is 1.45. The average Bonchev–Trinajstić information content (AvgIpc) is 3.30. The van der Waals surface area contributed by atoms with Crippen LogP contribution in [0.25, 0.3) is 16.6 Å². The summed E-state index contributed by atoms with van der Waals surface area (Å²) in [5.41, 5.74) is 10.7. The number of aryl methyl sites for hydroxylation is 1. The molecule has 7 nitrogen and oxygen atoms in total. The molecule has 5 rings (SSSR count). The van der Waals surface area contributed by atoms with E-state index in [0.717, 1.165) is 44.4 Å². The number of carbonyl (C=O) groups excluding carboxylic acids is 1. The number of hydrogen-bond acceptors (Lipinski definition) is 4. The number of nitrogens with two attached hydrogens (primary N) is 1. The highest BCUT2D eigenvalue weighted by atomic mass is 16.1. The Morgan fingerprint density at radius 1 is 1.17 bits per heavy atom. The van der Waals surface area contributed by atoms with Crippen molar-refractivity contribution in [2.24, 2.45) is 5.73 Å². The first kappa shape index (κ1) is 18.1. The molecule has 0 radical (unpaired) electrons. The van der Waals surface area contributed by atoms with Gasteiger partial charge in [-0.15, -0.1) is 0 Å². The fraction of sp³-hybridized carbons (Fsp3) is 0.0870. The molecule has 3 heterocycles. The summed E-state index contributed by atoms with van der Waals surface area (Å²) in [6.45, 7) is 2.28. The monoisotopic (exact) mass is 399 g/mol. The molecule has 30 heavy (non-hydrogen) atoms. The number of primary amides is 1. The van der Waals surface area contributed by atoms with Crippen LogP contribution in [-0.4, -0.2) is 22.3 Å². The first-order valence-corrected chi connectivity index (χ1v) is 9.83. The van der Waals surface area contributed by atoms with Crippen molar-refractivity contribution in [3.8, 4) is 0 Å². The second-order valence-electron chi connectivity index (χ2n) is 7.52. The minimum atomic E-state index is -0.347. The number of nitrogens with zero attached hydrogens (tertiary/aromatic N) is 1. The van der Waals surface area contributed by atoms with E-state index >= 15 is 0 Å². The van der Waals surface area contributed by atoms with Crippen molar-refractivity contribution >= 4 is 28.2 Å². The average molecular weight is 399 g/mol. The molecule has 7 heteroatoms. The van der Waals surface area contributed by atoms with Crippen molar-refractivity contribution in [3.63, 3.8) is 0 Å². The number of hydrogen-bond donors (Lipinski definition) is 5. The van der Waals surface area contributed by atoms with Crippen molar-refractivity contribution in [1.29, 1.82) is 0 Å². The summed E-state index contributed by atoms with van der Waals surface area (Å²) in [6, 6.07) is 16.5. The van der Waals surface area contributed by atoms with E-state index in [4.69, 9.17) is 5.73 Å². The number of quaternary nitrogens is 1. The van der Waals surface area contributed by atoms with Crippen molar-refractivity contribution in [2.75, 3.05) is 11.9 Å². The van der Waals surface area contributed by atoms with Gasteiger partial charge in [-0.1, -0.05) is 35.9 Å². The first-order valence-electron chi connectivity index (χ1n) is 9.83. The standard InChI is InChI=1S/C23H22N6O/c1-15-6-8-16(9-7-15)26-23-22(18-12-25-19-5-3-2-4-17(18)19)27-21-14-28(13-20(24)30)10-11-29(21)23/h2-12,14,25-27H,13H2,1H3,(H2,24,30)/p+1. The Morgan fingerprint density at radius 2 is 1.97 bits per heavy atom. The molecule has 0 aliphatic carbocycles. The van der Waals surface area contributed by atoms with Gasteiger partial charge in [0.25, 0.3) is 5.91 Å². The topological polar surface area (TPSA) is 90.6 Å². The van der Waals surface area contributed by atoms with Crippen LogP contribution in [0.15, 0.2) is 85.0 Å². The molecule has 2 aliphatic rings. The number of aromatic amines is 1. The highest BCUT2D eigenvalue weighted by Gasteiger charge is 2.32. The Morgan fingerprint density at radius 3 is 2.77 bits per heavy atom. The van der Waals surface area contributed by atoms with Gasteiger partial charge >= 0.3 is 0 Å². The molecule has 6 N–H and O–H groups in total. The summed E-state index contributed by atoms with van der Waals surface area (Å²) >= 11 is 0. The van der Waals surface area contributed by atoms with Gasteiger partial charge in [-0.05, 0) is 25.1 Å². The number of fused-ring (bicyclic) bond motifs is 2. The lowest BCUT2D eigenvalue weighted by molar-refractivity contribution is -0.783. The van der Waals surface area contributed by atoms with Gasteiger partial charge < -0.3 is 21.4 Å². The van der Waals surface area contributed by atoms with Gasteiger partial charge in [0.1, 0.15) is 18.2 Å². The first-order chi connectivity index (χ1) is 14.6. The Kier molecular flexibility index (Phi) is 4.30. The zero-order chi connectivity index (χ0) is 20.7. The molecule has 1 atom stereocenters. The number of anilines is 1. The van der Waals surface area contributed by atoms with Gasteiger partial charge in [0.2, 0.25) is 0 Å². The molecule has 1 amide bonds. The minimum absolute atomic E-state index is 0.207. The third kappa shape index (κ3) is 3.21. The van der Waals surface area contributed by atoms with Crippen LogP contribution in [0.1, 0.15) is 11.1 Å². The summed E-state index contributed by atoms with van der Waals surface area (Å²) in [7, 11) is 0. The van der Waals surface area contributed by atoms with Crippen molar-refractivity contribution in [2.45, 2.75) is 6.92 Å². The lowest BCUT2D eigenvalue weighted by Crippen LogP contribution is -3.05. The summed E-state index contributed by atoms with van der Waals surface area (Å²) in [6.07, 6.45) is 7.86. The maximum atomic E-state index is 11.4. The van der Waals surface area contributed by atoms with E-state index in [0.29, 0.717) is 0 Å². The van der Waals surface area contributed by atoms with Gasteiger partial charge in [0, 0.05) is 28.4 Å². The number of carbonyl (C=O) groups is 1. The molecule has 1 unspecified atom stereocenters. The highest BCUT2D eigenvalue weighted by Crippen LogP contribution is 2.34. The van der Waals surface area contributed by atoms with Crippen LogP contribution in [0.3, 0.4) is 0 Å². The van der Waals surface area contributed by atoms with Crippen LogP contribution in [0.4, 0.5) is 5.69 Å². The van der Waals surface area contributed by atoms with Crippen LogP contribution in [0.5, 0.6) is 0 Å². The Hall–Kier alpha value is -3.97. The van der Waals surface area contributed by atoms with Crippen molar-refractivity contribution in [1.82, 2.24) is 15.2 Å². The number of aromatic nitrogens is 1. The molecule has 2 aliphatic heterocycles. The molecule has 3 aromatic rings. The smallest absolute Gasteiger partial charge is 0.273 e. The quantitative estimate of drug-likeness (QED) is 0.452. The van der Waals surface area contributed by atoms with Crippen molar-refractivity contribution < 1.29 is 9.69 Å². The van der Waals surface area contributed by atoms with E-state index in [2.05, 4.69) is 63.8 Å². The van der Waals surface area contributed by atoms with E-state index in [1.807, 2.05) is 36.9 Å². The number of rotatable bonds is 5. The Bertz CT molecular complexity index is 1220. The van der Waals surface area contributed by atoms with Crippen LogP contribution >= 0.6 is 0 Å². The number of H-pyrrole nitrogens is 1. The van der Waals surface area contributed by atoms with E-state index < -0.39 is 0 Å². The second kappa shape index (κ2) is 7.13. The third-order valence-electron chi connectivity index (χ3n) is 5.30. The van der Waals surface area contributed by atoms with Crippen LogP contribution in [0, 0.1) is 6.92 Å². The largest absolute Gasteiger partial charge is 0.365 e. The predicted octanol–water partition coefficient (Wildman–Crippen LogP) is 1.77. The highest BCUT2D eigenvalue weighted by molar-refractivity contribution is 5.94. The SMILES string of the molecule is Cc1ccc(NC2=C(c3c[nH]c4ccccc34)NC3=C[NH+](CC(N)=O)C=CN32)cc1. The van der Waals surface area contributed by atoms with Gasteiger partial charge in [-0.2, -0.15) is 0 Å². The predicted molar refractivity (Wildman–Crippen MR) is 117 cm³/mol. The van der Waals surface area contributed by atoms with Crippen molar-refractivity contribution in [3.05, 3.63) is 96.1 Å². The molecule has 150 valence electrons. The van der Waals surface area contributed by atoms with E-state index in [-0.39, 0.29) is 12.5 Å². The van der Waals surface area contributed by atoms with Gasteiger partial charge in [0.15, 0.2) is 12.4 Å². The summed E-state index contributed by atoms with van der Waals surface area (Å²) in [5, 5.41) is 8.23. The number of amides is 1. The molecule has 0 spiro atoms. The van der Waals surface area contributed by atoms with Crippen LogP contribution < -0.4 is 21.3 Å². The van der Waals surface area contributed by atoms with E-state index in [1.165, 1.54) is 5.56 Å². The van der Waals surface area contributed by atoms with Crippen LogP contribution in [-0.2, 0) is 4.79 Å². The Labute approximate surface area is 174 Å². The zero-order valence-electron chi connectivity index (χ0n) is 16.6. The second-order valence-corrected chi connectivity index (χ2v) is 7.52. The number of para-hydroxylation sites is 1. The van der Waals surface area contributed by atoms with E-state index in [9.17, 15) is 4.79 Å². The zero-order valence-corrected chi connectivity index (χ0v) is 16.6. The molecular formula is C23H23N6O+. The normalized spacial score (nSPS) is 17.7. The molecule has 0 saturated carbocycles. The minimum Gasteiger partial charge on any atom is -0.365 e. The Balaban J connectivity index is 1.58. The molecule has 0 fully saturated rings. The molecule has 0 saturated heterocycles. The maximum Gasteiger partial charge on any atom is 0.273 e. The van der Waals surface area contributed by atoms with E-state index in [1.54, 1.807) is 0 Å². The fourth-order valence-electron chi connectivity index (χ4n) is 3.82. The molecule has 2 aromatic carbocycles. The lowest BCUT2D eigenvalue weighted by Gasteiger charge is -2.23. The number of nitrogens with one attached hydrogen (secondary N) is 4. The number of benzene rings is 2. The summed E-state index contributed by atoms with van der Waals surface area (Å²) in [4.78, 5) is 17.6. The summed E-state index contributed by atoms with van der Waals surface area (Å²) < 4.78 is 0. The molecule has 1 aromatic heterocycles. The van der Waals surface area contributed by atoms with Gasteiger partial charge in [0.05, 0.1) is 11.9 Å². The maximum absolute atomic E-state index is 11.4. The molecular weight excluding hydrogens is 376 g/mol. The molecule has 0 bridgehead atoms. The van der Waals surface area contributed by atoms with Gasteiger partial charge in [-0.25, -0.2) is 0 Å². The third-order valence-corrected chi connectivity index (χ3v) is 5.30.